The quantitative estimate of drug-likeness (QED) is 0.576. The normalized spacial score (nSPS) is 10.8. The molecule has 0 aliphatic carbocycles. The molecular weight excluding hydrogens is 212 g/mol. The fraction of sp³-hybridized carbons (Fsp3) is 0.100. The lowest BCUT2D eigenvalue weighted by Gasteiger charge is -2.06. The van der Waals surface area contributed by atoms with Crippen molar-refractivity contribution in [3.8, 4) is 0 Å². The summed E-state index contributed by atoms with van der Waals surface area (Å²) in [7, 11) is -1.89. The van der Waals surface area contributed by atoms with Gasteiger partial charge in [0.05, 0.1) is 5.39 Å². The number of fused-ring (bicyclic) bond motifs is 1. The molecule has 0 radical (unpaired) electrons. The summed E-state index contributed by atoms with van der Waals surface area (Å²) in [4.78, 5) is 13.9. The summed E-state index contributed by atoms with van der Waals surface area (Å²) in [5, 5.41) is 18.6. The van der Waals surface area contributed by atoms with Crippen LogP contribution in [-0.2, 0) is 0 Å². The number of hydrogen-bond donors (Lipinski definition) is 3. The molecule has 0 saturated carbocycles. The fourth-order valence-electron chi connectivity index (χ4n) is 1.63. The number of pyridine rings is 1. The van der Waals surface area contributed by atoms with Crippen LogP contribution in [0.1, 0.15) is 5.56 Å². The Hall–Kier alpha value is -1.66. The van der Waals surface area contributed by atoms with E-state index in [1.807, 2.05) is 0 Å². The van der Waals surface area contributed by atoms with Crippen LogP contribution in [0.15, 0.2) is 23.1 Å². The predicted molar refractivity (Wildman–Crippen MR) is 59.1 cm³/mol. The lowest BCUT2D eigenvalue weighted by Crippen LogP contribution is -2.33. The van der Waals surface area contributed by atoms with Crippen LogP contribution in [0.3, 0.4) is 0 Å². The van der Waals surface area contributed by atoms with E-state index in [0.29, 0.717) is 5.39 Å². The molecule has 16 heavy (non-hydrogen) atoms. The number of aromatic nitrogens is 1. The first kappa shape index (κ1) is 10.8. The van der Waals surface area contributed by atoms with Crippen LogP contribution in [-0.4, -0.2) is 22.2 Å². The summed E-state index contributed by atoms with van der Waals surface area (Å²) in [6.45, 7) is 1.74. The minimum absolute atomic E-state index is 0.196. The molecule has 0 aliphatic heterocycles. The minimum Gasteiger partial charge on any atom is -0.423 e. The highest BCUT2D eigenvalue weighted by Gasteiger charge is 2.18. The Morgan fingerprint density at radius 3 is 2.62 bits per heavy atom. The molecule has 0 unspecified atom stereocenters. The third-order valence-corrected chi connectivity index (χ3v) is 2.50. The van der Waals surface area contributed by atoms with Gasteiger partial charge in [0, 0.05) is 11.7 Å². The Balaban J connectivity index is 2.89. The second kappa shape index (κ2) is 3.73. The van der Waals surface area contributed by atoms with Gasteiger partial charge in [0.2, 0.25) is 0 Å². The molecule has 0 atom stereocenters. The summed E-state index contributed by atoms with van der Waals surface area (Å²) in [5.41, 5.74) is 0.0937. The van der Waals surface area contributed by atoms with E-state index in [1.165, 1.54) is 12.3 Å². The molecular formula is C10H9BFNO3. The third kappa shape index (κ3) is 1.62. The molecule has 1 aromatic heterocycles. The summed E-state index contributed by atoms with van der Waals surface area (Å²) in [5.74, 6) is -0.807. The van der Waals surface area contributed by atoms with Gasteiger partial charge in [0.25, 0.3) is 5.56 Å². The maximum atomic E-state index is 13.4. The highest BCUT2D eigenvalue weighted by molar-refractivity contribution is 6.59. The Morgan fingerprint density at radius 1 is 1.31 bits per heavy atom. The highest BCUT2D eigenvalue weighted by Crippen LogP contribution is 2.13. The monoisotopic (exact) mass is 221 g/mol. The van der Waals surface area contributed by atoms with E-state index in [-0.39, 0.29) is 10.8 Å². The summed E-state index contributed by atoms with van der Waals surface area (Å²) in [6.07, 6.45) is 1.50. The van der Waals surface area contributed by atoms with Crippen LogP contribution in [0, 0.1) is 12.7 Å². The topological polar surface area (TPSA) is 73.3 Å². The van der Waals surface area contributed by atoms with Gasteiger partial charge < -0.3 is 15.0 Å². The summed E-state index contributed by atoms with van der Waals surface area (Å²) >= 11 is 0. The molecule has 1 aromatic carbocycles. The molecule has 6 heteroatoms. The zero-order valence-electron chi connectivity index (χ0n) is 8.49. The van der Waals surface area contributed by atoms with E-state index in [0.717, 1.165) is 11.6 Å². The molecule has 3 N–H and O–H groups in total. The van der Waals surface area contributed by atoms with Gasteiger partial charge in [-0.15, -0.1) is 0 Å². The van der Waals surface area contributed by atoms with E-state index in [2.05, 4.69) is 4.98 Å². The van der Waals surface area contributed by atoms with E-state index in [9.17, 15) is 9.18 Å². The zero-order chi connectivity index (χ0) is 11.9. The summed E-state index contributed by atoms with van der Waals surface area (Å²) < 4.78 is 13.4. The van der Waals surface area contributed by atoms with Crippen molar-refractivity contribution in [3.05, 3.63) is 40.1 Å². The Kier molecular flexibility index (Phi) is 2.53. The Bertz CT molecular complexity index is 609. The van der Waals surface area contributed by atoms with Crippen LogP contribution in [0.4, 0.5) is 4.39 Å². The molecule has 2 aromatic rings. The van der Waals surface area contributed by atoms with E-state index < -0.39 is 18.5 Å². The second-order valence-electron chi connectivity index (χ2n) is 3.59. The first-order valence-electron chi connectivity index (χ1n) is 4.68. The van der Waals surface area contributed by atoms with Crippen LogP contribution in [0.2, 0.25) is 0 Å². The molecule has 4 nitrogen and oxygen atoms in total. The number of nitrogens with one attached hydrogen (secondary N) is 1. The molecule has 0 aliphatic rings. The van der Waals surface area contributed by atoms with E-state index in [1.54, 1.807) is 6.92 Å². The van der Waals surface area contributed by atoms with Crippen LogP contribution >= 0.6 is 0 Å². The van der Waals surface area contributed by atoms with Crippen molar-refractivity contribution in [1.82, 2.24) is 4.98 Å². The maximum Gasteiger partial charge on any atom is 0.491 e. The number of halogens is 1. The molecule has 82 valence electrons. The molecule has 0 amide bonds. The lowest BCUT2D eigenvalue weighted by molar-refractivity contribution is 0.423. The zero-order valence-corrected chi connectivity index (χ0v) is 8.49. The lowest BCUT2D eigenvalue weighted by atomic mass is 9.78. The van der Waals surface area contributed by atoms with Crippen molar-refractivity contribution in [2.24, 2.45) is 0 Å². The number of aromatic amines is 1. The number of H-pyrrole nitrogens is 1. The van der Waals surface area contributed by atoms with Crippen LogP contribution in [0.5, 0.6) is 0 Å². The molecule has 0 bridgehead atoms. The Morgan fingerprint density at radius 2 is 2.00 bits per heavy atom. The fourth-order valence-corrected chi connectivity index (χ4v) is 1.63. The number of aryl methyl sites for hydroxylation is 1. The first-order valence-corrected chi connectivity index (χ1v) is 4.68. The average molecular weight is 221 g/mol. The Labute approximate surface area is 90.5 Å². The molecule has 0 fully saturated rings. The van der Waals surface area contributed by atoms with Crippen molar-refractivity contribution in [2.75, 3.05) is 0 Å². The standard InChI is InChI=1S/C10H9BFNO3/c1-5-4-13-10(14)7-3-9(12)8(11(15)16)2-6(5)7/h2-4,15-16H,1H3,(H,13,14). The van der Waals surface area contributed by atoms with Gasteiger partial charge in [-0.3, -0.25) is 4.79 Å². The number of hydrogen-bond acceptors (Lipinski definition) is 3. The predicted octanol–water partition coefficient (Wildman–Crippen LogP) is -0.345. The third-order valence-electron chi connectivity index (χ3n) is 2.50. The van der Waals surface area contributed by atoms with Crippen LogP contribution in [0.25, 0.3) is 10.8 Å². The summed E-state index contributed by atoms with van der Waals surface area (Å²) in [6, 6.07) is 2.29. The van der Waals surface area contributed by atoms with Crippen molar-refractivity contribution >= 4 is 23.4 Å². The molecule has 0 saturated heterocycles. The van der Waals surface area contributed by atoms with Gasteiger partial charge in [0.15, 0.2) is 0 Å². The highest BCUT2D eigenvalue weighted by atomic mass is 19.1. The van der Waals surface area contributed by atoms with Crippen molar-refractivity contribution in [3.63, 3.8) is 0 Å². The van der Waals surface area contributed by atoms with Crippen molar-refractivity contribution in [2.45, 2.75) is 6.92 Å². The van der Waals surface area contributed by atoms with Gasteiger partial charge in [0.1, 0.15) is 5.82 Å². The van der Waals surface area contributed by atoms with Crippen molar-refractivity contribution in [1.29, 1.82) is 0 Å². The van der Waals surface area contributed by atoms with Crippen molar-refractivity contribution < 1.29 is 14.4 Å². The molecule has 0 spiro atoms. The average Bonchev–Trinajstić information content (AvgIpc) is 2.23. The molecule has 2 rings (SSSR count). The van der Waals surface area contributed by atoms with Gasteiger partial charge in [-0.05, 0) is 23.9 Å². The van der Waals surface area contributed by atoms with Gasteiger partial charge in [-0.25, -0.2) is 4.39 Å². The van der Waals surface area contributed by atoms with E-state index >= 15 is 0 Å². The van der Waals surface area contributed by atoms with E-state index in [4.69, 9.17) is 10.0 Å². The van der Waals surface area contributed by atoms with Crippen LogP contribution < -0.4 is 11.0 Å². The number of benzene rings is 1. The van der Waals surface area contributed by atoms with Gasteiger partial charge in [-0.1, -0.05) is 6.07 Å². The first-order chi connectivity index (χ1) is 7.50. The largest absolute Gasteiger partial charge is 0.491 e. The number of rotatable bonds is 1. The van der Waals surface area contributed by atoms with Gasteiger partial charge >= 0.3 is 7.12 Å². The second-order valence-corrected chi connectivity index (χ2v) is 3.59. The molecule has 1 heterocycles. The smallest absolute Gasteiger partial charge is 0.423 e. The van der Waals surface area contributed by atoms with Gasteiger partial charge in [-0.2, -0.15) is 0 Å². The minimum atomic E-state index is -1.89. The SMILES string of the molecule is Cc1c[nH]c(=O)c2cc(F)c(B(O)O)cc12. The maximum absolute atomic E-state index is 13.4.